The molecular weight excluding hydrogens is 288 g/mol. The van der Waals surface area contributed by atoms with Crippen molar-refractivity contribution >= 4 is 11.6 Å². The molecule has 5 nitrogen and oxygen atoms in total. The molecule has 5 heteroatoms. The third-order valence-electron chi connectivity index (χ3n) is 4.10. The largest absolute Gasteiger partial charge is 0.348 e. The molecule has 0 atom stereocenters. The fourth-order valence-corrected chi connectivity index (χ4v) is 2.88. The number of fused-ring (bicyclic) bond motifs is 1. The maximum atomic E-state index is 11.5. The molecule has 0 fully saturated rings. The van der Waals surface area contributed by atoms with Crippen molar-refractivity contribution in [2.45, 2.75) is 19.3 Å². The van der Waals surface area contributed by atoms with Gasteiger partial charge in [0.1, 0.15) is 0 Å². The maximum absolute atomic E-state index is 11.5. The lowest BCUT2D eigenvalue weighted by atomic mass is 10.0. The van der Waals surface area contributed by atoms with Crippen LogP contribution in [0.5, 0.6) is 0 Å². The summed E-state index contributed by atoms with van der Waals surface area (Å²) in [6.45, 7) is 0. The number of aromatic nitrogens is 3. The van der Waals surface area contributed by atoms with Crippen LogP contribution in [0.1, 0.15) is 16.8 Å². The van der Waals surface area contributed by atoms with Gasteiger partial charge in [-0.25, -0.2) is 4.98 Å². The van der Waals surface area contributed by atoms with E-state index >= 15 is 0 Å². The van der Waals surface area contributed by atoms with Crippen molar-refractivity contribution in [1.29, 1.82) is 0 Å². The Morgan fingerprint density at radius 3 is 2.83 bits per heavy atom. The predicted molar refractivity (Wildman–Crippen MR) is 88.0 cm³/mol. The zero-order valence-electron chi connectivity index (χ0n) is 12.5. The molecule has 0 saturated carbocycles. The monoisotopic (exact) mass is 304 g/mol. The van der Waals surface area contributed by atoms with Gasteiger partial charge in [0.25, 0.3) is 0 Å². The molecule has 0 spiro atoms. The highest BCUT2D eigenvalue weighted by molar-refractivity contribution is 5.99. The van der Waals surface area contributed by atoms with Crippen molar-refractivity contribution in [3.05, 3.63) is 66.0 Å². The molecule has 3 aromatic rings. The van der Waals surface area contributed by atoms with Gasteiger partial charge in [-0.15, -0.1) is 0 Å². The van der Waals surface area contributed by atoms with Gasteiger partial charge in [-0.2, -0.15) is 0 Å². The Morgan fingerprint density at radius 1 is 1.00 bits per heavy atom. The first-order chi connectivity index (χ1) is 11.3. The standard InChI is InChI=1S/C18H16N4O/c23-18-7-14-3-2-13(6-17(14)22-18)15-5-12(8-19-9-15)1-4-16-10-20-11-21-16/h2-3,5-6,8-11H,1,4,7H2,(H,20,21)(H,22,23). The Labute approximate surface area is 133 Å². The molecule has 0 bridgehead atoms. The quantitative estimate of drug-likeness (QED) is 0.778. The van der Waals surface area contributed by atoms with Gasteiger partial charge in [0.05, 0.1) is 12.7 Å². The molecule has 0 radical (unpaired) electrons. The summed E-state index contributed by atoms with van der Waals surface area (Å²) in [4.78, 5) is 23.0. The summed E-state index contributed by atoms with van der Waals surface area (Å²) in [6.07, 6.45) is 9.59. The maximum Gasteiger partial charge on any atom is 0.228 e. The lowest BCUT2D eigenvalue weighted by Gasteiger charge is -2.07. The highest BCUT2D eigenvalue weighted by atomic mass is 16.1. The minimum absolute atomic E-state index is 0.0589. The molecule has 114 valence electrons. The highest BCUT2D eigenvalue weighted by Crippen LogP contribution is 2.29. The number of H-pyrrole nitrogens is 1. The first-order valence-corrected chi connectivity index (χ1v) is 7.62. The van der Waals surface area contributed by atoms with Gasteiger partial charge in [-0.1, -0.05) is 12.1 Å². The third kappa shape index (κ3) is 2.85. The molecule has 1 aliphatic rings. The number of hydrogen-bond donors (Lipinski definition) is 2. The molecule has 0 saturated heterocycles. The van der Waals surface area contributed by atoms with Gasteiger partial charge in [0.15, 0.2) is 0 Å². The van der Waals surface area contributed by atoms with Gasteiger partial charge in [0, 0.05) is 35.5 Å². The summed E-state index contributed by atoms with van der Waals surface area (Å²) in [7, 11) is 0. The minimum atomic E-state index is 0.0589. The van der Waals surface area contributed by atoms with Crippen LogP contribution in [0.4, 0.5) is 5.69 Å². The third-order valence-corrected chi connectivity index (χ3v) is 4.10. The van der Waals surface area contributed by atoms with E-state index in [4.69, 9.17) is 0 Å². The Morgan fingerprint density at radius 2 is 1.96 bits per heavy atom. The number of aromatic amines is 1. The predicted octanol–water partition coefficient (Wildman–Crippen LogP) is 2.75. The lowest BCUT2D eigenvalue weighted by Crippen LogP contribution is -2.03. The number of rotatable bonds is 4. The molecule has 23 heavy (non-hydrogen) atoms. The van der Waals surface area contributed by atoms with Crippen molar-refractivity contribution in [2.24, 2.45) is 0 Å². The molecule has 2 N–H and O–H groups in total. The summed E-state index contributed by atoms with van der Waals surface area (Å²) in [5.41, 5.74) is 6.41. The molecule has 2 aromatic heterocycles. The van der Waals surface area contributed by atoms with E-state index in [1.54, 1.807) is 6.33 Å². The summed E-state index contributed by atoms with van der Waals surface area (Å²) in [5.74, 6) is 0.0589. The van der Waals surface area contributed by atoms with Crippen molar-refractivity contribution in [2.75, 3.05) is 5.32 Å². The fraction of sp³-hybridized carbons (Fsp3) is 0.167. The van der Waals surface area contributed by atoms with Crippen LogP contribution in [0.3, 0.4) is 0 Å². The molecule has 1 amide bonds. The van der Waals surface area contributed by atoms with Gasteiger partial charge in [0.2, 0.25) is 5.91 Å². The van der Waals surface area contributed by atoms with Crippen molar-refractivity contribution in [1.82, 2.24) is 15.0 Å². The van der Waals surface area contributed by atoms with Crippen LogP contribution in [0.25, 0.3) is 11.1 Å². The lowest BCUT2D eigenvalue weighted by molar-refractivity contribution is -0.115. The van der Waals surface area contributed by atoms with Crippen LogP contribution in [0.2, 0.25) is 0 Å². The van der Waals surface area contributed by atoms with Crippen LogP contribution in [0, 0.1) is 0 Å². The smallest absolute Gasteiger partial charge is 0.228 e. The Kier molecular flexibility index (Phi) is 3.38. The Balaban J connectivity index is 1.56. The zero-order valence-corrected chi connectivity index (χ0v) is 12.5. The van der Waals surface area contributed by atoms with Gasteiger partial charge < -0.3 is 10.3 Å². The second-order valence-corrected chi connectivity index (χ2v) is 5.76. The van der Waals surface area contributed by atoms with E-state index in [0.717, 1.165) is 40.9 Å². The van der Waals surface area contributed by atoms with Crippen LogP contribution in [0.15, 0.2) is 49.2 Å². The average molecular weight is 304 g/mol. The molecule has 4 rings (SSSR count). The van der Waals surface area contributed by atoms with Crippen LogP contribution in [-0.2, 0) is 24.1 Å². The topological polar surface area (TPSA) is 70.7 Å². The zero-order chi connectivity index (χ0) is 15.6. The number of carbonyl (C=O) groups is 1. The van der Waals surface area contributed by atoms with Gasteiger partial charge in [-0.3, -0.25) is 9.78 Å². The van der Waals surface area contributed by atoms with E-state index in [9.17, 15) is 4.79 Å². The number of carbonyl (C=O) groups excluding carboxylic acids is 1. The van der Waals surface area contributed by atoms with Crippen molar-refractivity contribution in [3.8, 4) is 11.1 Å². The summed E-state index contributed by atoms with van der Waals surface area (Å²) in [5, 5.41) is 2.90. The number of aryl methyl sites for hydroxylation is 2. The van der Waals surface area contributed by atoms with Crippen molar-refractivity contribution < 1.29 is 4.79 Å². The van der Waals surface area contributed by atoms with E-state index in [1.807, 2.05) is 30.7 Å². The molecule has 3 heterocycles. The molecule has 0 aliphatic carbocycles. The van der Waals surface area contributed by atoms with E-state index in [-0.39, 0.29) is 5.91 Å². The summed E-state index contributed by atoms with van der Waals surface area (Å²) < 4.78 is 0. The normalized spacial score (nSPS) is 13.0. The van der Waals surface area contributed by atoms with Crippen LogP contribution in [-0.4, -0.2) is 20.9 Å². The number of benzene rings is 1. The van der Waals surface area contributed by atoms with Gasteiger partial charge in [-0.05, 0) is 41.7 Å². The van der Waals surface area contributed by atoms with Gasteiger partial charge >= 0.3 is 0 Å². The van der Waals surface area contributed by atoms with Crippen molar-refractivity contribution in [3.63, 3.8) is 0 Å². The number of imidazole rings is 1. The number of hydrogen-bond acceptors (Lipinski definition) is 3. The molecule has 0 unspecified atom stereocenters. The average Bonchev–Trinajstić information content (AvgIpc) is 3.20. The first-order valence-electron chi connectivity index (χ1n) is 7.62. The molecule has 1 aliphatic heterocycles. The Bertz CT molecular complexity index is 855. The molecular formula is C18H16N4O. The number of pyridine rings is 1. The first kappa shape index (κ1) is 13.7. The molecule has 1 aromatic carbocycles. The number of amides is 1. The SMILES string of the molecule is O=C1Cc2ccc(-c3cncc(CCc4cnc[nH]4)c3)cc2N1. The van der Waals surface area contributed by atoms with Crippen LogP contribution >= 0.6 is 0 Å². The minimum Gasteiger partial charge on any atom is -0.348 e. The second-order valence-electron chi connectivity index (χ2n) is 5.76. The Hall–Kier alpha value is -2.95. The van der Waals surface area contributed by atoms with E-state index in [2.05, 4.69) is 32.4 Å². The number of anilines is 1. The van der Waals surface area contributed by atoms with Crippen LogP contribution < -0.4 is 5.32 Å². The van der Waals surface area contributed by atoms with E-state index < -0.39 is 0 Å². The number of nitrogens with zero attached hydrogens (tertiary/aromatic N) is 2. The fourth-order valence-electron chi connectivity index (χ4n) is 2.88. The highest BCUT2D eigenvalue weighted by Gasteiger charge is 2.17. The number of nitrogens with one attached hydrogen (secondary N) is 2. The summed E-state index contributed by atoms with van der Waals surface area (Å²) in [6, 6.07) is 8.24. The second kappa shape index (κ2) is 5.68. The summed E-state index contributed by atoms with van der Waals surface area (Å²) >= 11 is 0. The van der Waals surface area contributed by atoms with E-state index in [1.165, 1.54) is 5.56 Å². The van der Waals surface area contributed by atoms with E-state index in [0.29, 0.717) is 6.42 Å².